The number of anilines is 1. The smallest absolute Gasteiger partial charge is 0.232 e. The normalized spacial score (nSPS) is 14.5. The zero-order chi connectivity index (χ0) is 18.5. The highest BCUT2D eigenvalue weighted by Crippen LogP contribution is 2.28. The number of hydrogen-bond donors (Lipinski definition) is 0. The predicted octanol–water partition coefficient (Wildman–Crippen LogP) is 4.09. The van der Waals surface area contributed by atoms with Crippen LogP contribution < -0.4 is 4.90 Å². The van der Waals surface area contributed by atoms with Crippen LogP contribution >= 0.6 is 23.4 Å². The molecule has 140 valence electrons. The van der Waals surface area contributed by atoms with Gasteiger partial charge in [-0.15, -0.1) is 10.2 Å². The maximum absolute atomic E-state index is 6.28. The van der Waals surface area contributed by atoms with Crippen LogP contribution in [0.4, 0.5) is 5.95 Å². The third kappa shape index (κ3) is 4.29. The molecule has 4 rings (SSSR count). The average molecular weight is 401 g/mol. The van der Waals surface area contributed by atoms with Gasteiger partial charge < -0.3 is 9.64 Å². The third-order valence-electron chi connectivity index (χ3n) is 4.48. The monoisotopic (exact) mass is 400 g/mol. The van der Waals surface area contributed by atoms with Crippen LogP contribution in [-0.4, -0.2) is 46.8 Å². The first-order valence-electron chi connectivity index (χ1n) is 9.02. The Morgan fingerprint density at radius 3 is 2.48 bits per heavy atom. The minimum Gasteiger partial charge on any atom is -0.378 e. The largest absolute Gasteiger partial charge is 0.378 e. The van der Waals surface area contributed by atoms with E-state index in [9.17, 15) is 0 Å². The summed E-state index contributed by atoms with van der Waals surface area (Å²) in [7, 11) is 0. The first-order valence-corrected chi connectivity index (χ1v) is 10.4. The lowest BCUT2D eigenvalue weighted by molar-refractivity contribution is 0.122. The Balaban J connectivity index is 1.56. The molecule has 0 saturated carbocycles. The quantitative estimate of drug-likeness (QED) is 0.583. The highest BCUT2D eigenvalue weighted by Gasteiger charge is 2.21. The molecule has 0 radical (unpaired) electrons. The molecule has 3 aromatic rings. The number of aryl methyl sites for hydroxylation is 1. The van der Waals surface area contributed by atoms with Crippen molar-refractivity contribution in [2.75, 3.05) is 37.0 Å². The van der Waals surface area contributed by atoms with Gasteiger partial charge in [-0.2, -0.15) is 0 Å². The van der Waals surface area contributed by atoms with Crippen molar-refractivity contribution in [1.82, 2.24) is 14.8 Å². The standard InChI is InChI=1S/C20H21ClN4OS/c21-18-9-5-4-6-16(18)10-15-27-20-23-22-19(24-11-13-26-14-12-24)25(20)17-7-2-1-3-8-17/h1-9H,10-15H2. The molecule has 0 N–H and O–H groups in total. The number of ether oxygens (including phenoxy) is 1. The van der Waals surface area contributed by atoms with Gasteiger partial charge in [0.05, 0.1) is 18.9 Å². The SMILES string of the molecule is Clc1ccccc1CCSc1nnc(N2CCOCC2)n1-c1ccccc1. The molecule has 0 unspecified atom stereocenters. The molecule has 7 heteroatoms. The number of aromatic nitrogens is 3. The van der Waals surface area contributed by atoms with Gasteiger partial charge in [-0.1, -0.05) is 59.8 Å². The number of rotatable bonds is 6. The molecule has 0 atom stereocenters. The second kappa shape index (κ2) is 8.78. The lowest BCUT2D eigenvalue weighted by Gasteiger charge is -2.27. The van der Waals surface area contributed by atoms with Crippen LogP contribution in [0.25, 0.3) is 5.69 Å². The second-order valence-corrected chi connectivity index (χ2v) is 7.71. The van der Waals surface area contributed by atoms with Gasteiger partial charge in [-0.05, 0) is 30.2 Å². The van der Waals surface area contributed by atoms with Crippen LogP contribution in [0.15, 0.2) is 59.8 Å². The van der Waals surface area contributed by atoms with Crippen LogP contribution in [0.5, 0.6) is 0 Å². The van der Waals surface area contributed by atoms with E-state index in [2.05, 4.69) is 37.9 Å². The molecule has 1 saturated heterocycles. The Labute approximate surface area is 168 Å². The molecule has 0 aliphatic carbocycles. The van der Waals surface area contributed by atoms with Crippen molar-refractivity contribution in [2.24, 2.45) is 0 Å². The minimum atomic E-state index is 0.719. The van der Waals surface area contributed by atoms with Crippen LogP contribution in [-0.2, 0) is 11.2 Å². The highest BCUT2D eigenvalue weighted by atomic mass is 35.5. The van der Waals surface area contributed by atoms with E-state index in [0.29, 0.717) is 0 Å². The van der Waals surface area contributed by atoms with E-state index >= 15 is 0 Å². The van der Waals surface area contributed by atoms with Crippen molar-refractivity contribution >= 4 is 29.3 Å². The van der Waals surface area contributed by atoms with E-state index in [1.54, 1.807) is 11.8 Å². The van der Waals surface area contributed by atoms with E-state index in [0.717, 1.165) is 65.9 Å². The van der Waals surface area contributed by atoms with Crippen LogP contribution in [0, 0.1) is 0 Å². The molecular formula is C20H21ClN4OS. The molecule has 2 heterocycles. The summed E-state index contributed by atoms with van der Waals surface area (Å²) in [5, 5.41) is 10.7. The second-order valence-electron chi connectivity index (χ2n) is 6.24. The Bertz CT molecular complexity index is 881. The molecule has 27 heavy (non-hydrogen) atoms. The number of hydrogen-bond acceptors (Lipinski definition) is 5. The molecule has 1 aliphatic heterocycles. The van der Waals surface area contributed by atoms with Crippen molar-refractivity contribution < 1.29 is 4.74 Å². The highest BCUT2D eigenvalue weighted by molar-refractivity contribution is 7.99. The van der Waals surface area contributed by atoms with E-state index < -0.39 is 0 Å². The van der Waals surface area contributed by atoms with Crippen molar-refractivity contribution in [3.63, 3.8) is 0 Å². The fourth-order valence-corrected chi connectivity index (χ4v) is 4.23. The van der Waals surface area contributed by atoms with Crippen LogP contribution in [0.1, 0.15) is 5.56 Å². The van der Waals surface area contributed by atoms with Gasteiger partial charge in [-0.25, -0.2) is 0 Å². The summed E-state index contributed by atoms with van der Waals surface area (Å²) < 4.78 is 7.62. The van der Waals surface area contributed by atoms with Crippen molar-refractivity contribution in [1.29, 1.82) is 0 Å². The maximum atomic E-state index is 6.28. The Kier molecular flexibility index (Phi) is 5.97. The number of thioether (sulfide) groups is 1. The minimum absolute atomic E-state index is 0.719. The van der Waals surface area contributed by atoms with E-state index in [-0.39, 0.29) is 0 Å². The van der Waals surface area contributed by atoms with Gasteiger partial charge in [-0.3, -0.25) is 4.57 Å². The first kappa shape index (κ1) is 18.3. The van der Waals surface area contributed by atoms with Gasteiger partial charge in [0.25, 0.3) is 0 Å². The van der Waals surface area contributed by atoms with E-state index in [4.69, 9.17) is 16.3 Å². The number of morpholine rings is 1. The van der Waals surface area contributed by atoms with Gasteiger partial charge in [0, 0.05) is 23.9 Å². The molecule has 1 aliphatic rings. The van der Waals surface area contributed by atoms with Gasteiger partial charge in [0.15, 0.2) is 5.16 Å². The molecule has 5 nitrogen and oxygen atoms in total. The summed E-state index contributed by atoms with van der Waals surface area (Å²) in [6.07, 6.45) is 0.888. The molecule has 0 amide bonds. The van der Waals surface area contributed by atoms with Crippen molar-refractivity contribution in [3.8, 4) is 5.69 Å². The molecule has 0 bridgehead atoms. The summed E-state index contributed by atoms with van der Waals surface area (Å²) in [6.45, 7) is 3.10. The van der Waals surface area contributed by atoms with E-state index in [1.165, 1.54) is 0 Å². The summed E-state index contributed by atoms with van der Waals surface area (Å²) in [6, 6.07) is 18.3. The van der Waals surface area contributed by atoms with Crippen LogP contribution in [0.3, 0.4) is 0 Å². The van der Waals surface area contributed by atoms with Crippen LogP contribution in [0.2, 0.25) is 5.02 Å². The summed E-state index contributed by atoms with van der Waals surface area (Å²) in [5.74, 6) is 1.77. The van der Waals surface area contributed by atoms with E-state index in [1.807, 2.05) is 36.4 Å². The molecular weight excluding hydrogens is 380 g/mol. The number of nitrogens with zero attached hydrogens (tertiary/aromatic N) is 4. The molecule has 1 fully saturated rings. The van der Waals surface area contributed by atoms with Crippen molar-refractivity contribution in [3.05, 3.63) is 65.2 Å². The van der Waals surface area contributed by atoms with Gasteiger partial charge in [0.2, 0.25) is 5.95 Å². The lowest BCUT2D eigenvalue weighted by Crippen LogP contribution is -2.37. The topological polar surface area (TPSA) is 43.2 Å². The van der Waals surface area contributed by atoms with Crippen molar-refractivity contribution in [2.45, 2.75) is 11.6 Å². The van der Waals surface area contributed by atoms with Gasteiger partial charge >= 0.3 is 0 Å². The number of benzene rings is 2. The first-order chi connectivity index (χ1) is 13.3. The summed E-state index contributed by atoms with van der Waals surface area (Å²) in [5.41, 5.74) is 2.23. The predicted molar refractivity (Wildman–Crippen MR) is 110 cm³/mol. The summed E-state index contributed by atoms with van der Waals surface area (Å²) in [4.78, 5) is 2.24. The molecule has 1 aromatic heterocycles. The lowest BCUT2D eigenvalue weighted by atomic mass is 10.2. The number of halogens is 1. The third-order valence-corrected chi connectivity index (χ3v) is 5.78. The molecule has 2 aromatic carbocycles. The Morgan fingerprint density at radius 1 is 0.963 bits per heavy atom. The fraction of sp³-hybridized carbons (Fsp3) is 0.300. The summed E-state index contributed by atoms with van der Waals surface area (Å²) >= 11 is 7.98. The number of para-hydroxylation sites is 1. The zero-order valence-corrected chi connectivity index (χ0v) is 16.5. The Hall–Kier alpha value is -2.02. The molecule has 0 spiro atoms. The zero-order valence-electron chi connectivity index (χ0n) is 14.9. The fourth-order valence-electron chi connectivity index (χ4n) is 3.08. The Morgan fingerprint density at radius 2 is 1.70 bits per heavy atom. The van der Waals surface area contributed by atoms with Gasteiger partial charge in [0.1, 0.15) is 0 Å². The average Bonchev–Trinajstić information content (AvgIpc) is 3.15. The maximum Gasteiger partial charge on any atom is 0.232 e.